The second-order valence-corrected chi connectivity index (χ2v) is 8.37. The fraction of sp³-hybridized carbons (Fsp3) is 0.458. The average Bonchev–Trinajstić information content (AvgIpc) is 3.22. The van der Waals surface area contributed by atoms with Crippen molar-refractivity contribution in [2.75, 3.05) is 18.4 Å². The molecule has 0 unspecified atom stereocenters. The Kier molecular flexibility index (Phi) is 5.76. The number of hydrogen-bond donors (Lipinski definition) is 2. The largest absolute Gasteiger partial charge is 0.490 e. The van der Waals surface area contributed by atoms with Crippen LogP contribution in [0.25, 0.3) is 0 Å². The van der Waals surface area contributed by atoms with Crippen molar-refractivity contribution in [1.29, 1.82) is 0 Å². The highest BCUT2D eigenvalue weighted by atomic mass is 16.5. The highest BCUT2D eigenvalue weighted by Crippen LogP contribution is 2.33. The van der Waals surface area contributed by atoms with E-state index in [9.17, 15) is 9.90 Å². The average molecular weight is 395 g/mol. The van der Waals surface area contributed by atoms with Crippen LogP contribution in [0.3, 0.4) is 0 Å². The molecule has 2 aliphatic rings. The van der Waals surface area contributed by atoms with Crippen LogP contribution in [-0.4, -0.2) is 35.2 Å². The molecule has 1 aliphatic carbocycles. The summed E-state index contributed by atoms with van der Waals surface area (Å²) in [6, 6.07) is 15.5. The topological polar surface area (TPSA) is 61.8 Å². The smallest absolute Gasteiger partial charge is 0.321 e. The highest BCUT2D eigenvalue weighted by molar-refractivity contribution is 5.89. The monoisotopic (exact) mass is 394 g/mol. The molecule has 1 aliphatic heterocycles. The second-order valence-electron chi connectivity index (χ2n) is 8.37. The van der Waals surface area contributed by atoms with Crippen LogP contribution in [0.2, 0.25) is 0 Å². The Hall–Kier alpha value is -2.53. The summed E-state index contributed by atoms with van der Waals surface area (Å²) in [4.78, 5) is 14.5. The molecule has 2 aromatic carbocycles. The van der Waals surface area contributed by atoms with E-state index < -0.39 is 5.60 Å². The Morgan fingerprint density at radius 1 is 1.10 bits per heavy atom. The standard InChI is InChI=1S/C24H30N2O3/c1-18-6-4-7-19(16-18)24(28)12-14-26(15-13-24)23(27)25-20-8-5-11-22(17-20)29-21-9-2-3-10-21/h4-8,11,16-17,21,28H,2-3,9-10,12-15H2,1H3,(H,25,27). The molecule has 2 N–H and O–H groups in total. The van der Waals surface area contributed by atoms with Gasteiger partial charge in [-0.05, 0) is 63.1 Å². The molecule has 29 heavy (non-hydrogen) atoms. The number of rotatable bonds is 4. The summed E-state index contributed by atoms with van der Waals surface area (Å²) < 4.78 is 6.03. The van der Waals surface area contributed by atoms with Crippen molar-refractivity contribution in [3.05, 3.63) is 59.7 Å². The predicted molar refractivity (Wildman–Crippen MR) is 114 cm³/mol. The minimum atomic E-state index is -0.863. The quantitative estimate of drug-likeness (QED) is 0.781. The normalized spacial score (nSPS) is 19.2. The summed E-state index contributed by atoms with van der Waals surface area (Å²) in [7, 11) is 0. The van der Waals surface area contributed by atoms with Crippen LogP contribution in [0.15, 0.2) is 48.5 Å². The first-order valence-electron chi connectivity index (χ1n) is 10.6. The lowest BCUT2D eigenvalue weighted by Crippen LogP contribution is -2.46. The minimum Gasteiger partial charge on any atom is -0.490 e. The van der Waals surface area contributed by atoms with Gasteiger partial charge in [-0.2, -0.15) is 0 Å². The number of aryl methyl sites for hydroxylation is 1. The minimum absolute atomic E-state index is 0.130. The Morgan fingerprint density at radius 2 is 1.83 bits per heavy atom. The van der Waals surface area contributed by atoms with E-state index in [-0.39, 0.29) is 6.03 Å². The first kappa shape index (κ1) is 19.8. The van der Waals surface area contributed by atoms with Crippen molar-refractivity contribution >= 4 is 11.7 Å². The third kappa shape index (κ3) is 4.73. The van der Waals surface area contributed by atoms with E-state index in [0.29, 0.717) is 32.0 Å². The Balaban J connectivity index is 1.34. The fourth-order valence-electron chi connectivity index (χ4n) is 4.35. The number of amides is 2. The first-order chi connectivity index (χ1) is 14.0. The number of nitrogens with one attached hydrogen (secondary N) is 1. The zero-order chi connectivity index (χ0) is 20.3. The number of carbonyl (C=O) groups is 1. The number of anilines is 1. The van der Waals surface area contributed by atoms with Gasteiger partial charge >= 0.3 is 6.03 Å². The van der Waals surface area contributed by atoms with E-state index in [4.69, 9.17) is 4.74 Å². The summed E-state index contributed by atoms with van der Waals surface area (Å²) in [5.74, 6) is 0.808. The molecule has 0 radical (unpaired) electrons. The molecule has 5 nitrogen and oxygen atoms in total. The summed E-state index contributed by atoms with van der Waals surface area (Å²) in [6.07, 6.45) is 6.03. The number of nitrogens with zero attached hydrogens (tertiary/aromatic N) is 1. The van der Waals surface area contributed by atoms with Crippen LogP contribution >= 0.6 is 0 Å². The number of ether oxygens (including phenoxy) is 1. The lowest BCUT2D eigenvalue weighted by Gasteiger charge is -2.38. The third-order valence-electron chi connectivity index (χ3n) is 6.12. The molecule has 1 heterocycles. The SMILES string of the molecule is Cc1cccc(C2(O)CCN(C(=O)Nc3cccc(OC4CCCC4)c3)CC2)c1. The van der Waals surface area contributed by atoms with Crippen LogP contribution in [-0.2, 0) is 5.60 Å². The zero-order valence-electron chi connectivity index (χ0n) is 17.1. The van der Waals surface area contributed by atoms with Crippen LogP contribution < -0.4 is 10.1 Å². The molecule has 0 spiro atoms. The molecule has 0 bridgehead atoms. The van der Waals surface area contributed by atoms with Crippen molar-refractivity contribution < 1.29 is 14.6 Å². The summed E-state index contributed by atoms with van der Waals surface area (Å²) >= 11 is 0. The van der Waals surface area contributed by atoms with Gasteiger partial charge in [-0.15, -0.1) is 0 Å². The number of benzene rings is 2. The molecule has 0 atom stereocenters. The van der Waals surface area contributed by atoms with Crippen LogP contribution in [0.1, 0.15) is 49.7 Å². The van der Waals surface area contributed by atoms with Crippen LogP contribution in [0.4, 0.5) is 10.5 Å². The van der Waals surface area contributed by atoms with Gasteiger partial charge in [0.05, 0.1) is 11.7 Å². The first-order valence-corrected chi connectivity index (χ1v) is 10.6. The number of aliphatic hydroxyl groups is 1. The number of hydrogen-bond acceptors (Lipinski definition) is 3. The summed E-state index contributed by atoms with van der Waals surface area (Å²) in [6.45, 7) is 3.07. The number of piperidine rings is 1. The van der Waals surface area contributed by atoms with E-state index in [1.807, 2.05) is 55.5 Å². The van der Waals surface area contributed by atoms with E-state index in [1.165, 1.54) is 12.8 Å². The summed E-state index contributed by atoms with van der Waals surface area (Å²) in [5.41, 5.74) is 1.95. The fourth-order valence-corrected chi connectivity index (χ4v) is 4.35. The molecule has 154 valence electrons. The molecule has 2 fully saturated rings. The highest BCUT2D eigenvalue weighted by Gasteiger charge is 2.35. The van der Waals surface area contributed by atoms with Gasteiger partial charge in [0, 0.05) is 24.8 Å². The number of urea groups is 1. The lowest BCUT2D eigenvalue weighted by atomic mass is 9.84. The van der Waals surface area contributed by atoms with E-state index in [1.54, 1.807) is 4.90 Å². The molecule has 2 aromatic rings. The molecule has 1 saturated carbocycles. The molecule has 0 aromatic heterocycles. The molecule has 4 rings (SSSR count). The molecule has 2 amide bonds. The van der Waals surface area contributed by atoms with Gasteiger partial charge in [0.2, 0.25) is 0 Å². The van der Waals surface area contributed by atoms with E-state index in [2.05, 4.69) is 5.32 Å². The zero-order valence-corrected chi connectivity index (χ0v) is 17.1. The van der Waals surface area contributed by atoms with Gasteiger partial charge in [-0.3, -0.25) is 0 Å². The van der Waals surface area contributed by atoms with Crippen molar-refractivity contribution in [3.8, 4) is 5.75 Å². The Bertz CT molecular complexity index is 853. The number of carbonyl (C=O) groups excluding carboxylic acids is 1. The second kappa shape index (κ2) is 8.46. The maximum Gasteiger partial charge on any atom is 0.321 e. The molecule has 1 saturated heterocycles. The molecular formula is C24H30N2O3. The maximum absolute atomic E-state index is 12.7. The van der Waals surface area contributed by atoms with Gasteiger partial charge in [0.15, 0.2) is 0 Å². The lowest BCUT2D eigenvalue weighted by molar-refractivity contribution is -0.0157. The van der Waals surface area contributed by atoms with Crippen molar-refractivity contribution in [3.63, 3.8) is 0 Å². The van der Waals surface area contributed by atoms with E-state index in [0.717, 1.165) is 35.4 Å². The van der Waals surface area contributed by atoms with Crippen LogP contribution in [0.5, 0.6) is 5.75 Å². The van der Waals surface area contributed by atoms with E-state index >= 15 is 0 Å². The number of likely N-dealkylation sites (tertiary alicyclic amines) is 1. The van der Waals surface area contributed by atoms with Gasteiger partial charge in [0.25, 0.3) is 0 Å². The van der Waals surface area contributed by atoms with Crippen molar-refractivity contribution in [2.24, 2.45) is 0 Å². The molecular weight excluding hydrogens is 364 g/mol. The Morgan fingerprint density at radius 3 is 2.55 bits per heavy atom. The Labute approximate surface area is 172 Å². The van der Waals surface area contributed by atoms with Crippen molar-refractivity contribution in [2.45, 2.75) is 57.2 Å². The van der Waals surface area contributed by atoms with Gasteiger partial charge < -0.3 is 20.1 Å². The molecule has 5 heteroatoms. The van der Waals surface area contributed by atoms with Crippen LogP contribution in [0, 0.1) is 6.92 Å². The third-order valence-corrected chi connectivity index (χ3v) is 6.12. The predicted octanol–water partition coefficient (Wildman–Crippen LogP) is 4.83. The summed E-state index contributed by atoms with van der Waals surface area (Å²) in [5, 5.41) is 14.0. The van der Waals surface area contributed by atoms with Gasteiger partial charge in [-0.1, -0.05) is 35.9 Å². The van der Waals surface area contributed by atoms with Gasteiger partial charge in [0.1, 0.15) is 5.75 Å². The maximum atomic E-state index is 12.7. The van der Waals surface area contributed by atoms with Crippen molar-refractivity contribution in [1.82, 2.24) is 4.90 Å². The van der Waals surface area contributed by atoms with Gasteiger partial charge in [-0.25, -0.2) is 4.79 Å².